The summed E-state index contributed by atoms with van der Waals surface area (Å²) >= 11 is 12.4. The number of aromatic hydroxyl groups is 1. The number of rotatable bonds is 5. The van der Waals surface area contributed by atoms with E-state index in [1.165, 1.54) is 34.8 Å². The molecule has 11 heteroatoms. The smallest absolute Gasteiger partial charge is 0.258 e. The second kappa shape index (κ2) is 9.13. The zero-order chi connectivity index (χ0) is 21.2. The van der Waals surface area contributed by atoms with Crippen molar-refractivity contribution >= 4 is 65.6 Å². The van der Waals surface area contributed by atoms with E-state index in [1.807, 2.05) is 0 Å². The molecule has 29 heavy (non-hydrogen) atoms. The molecule has 0 aliphatic carbocycles. The first-order valence-corrected chi connectivity index (χ1v) is 11.9. The van der Waals surface area contributed by atoms with Gasteiger partial charge in [0.25, 0.3) is 5.91 Å². The normalized spacial score (nSPS) is 17.7. The number of carbonyl (C=O) groups excluding carboxylic acids is 1. The minimum Gasteiger partial charge on any atom is -0.506 e. The number of halogens is 3. The maximum atomic E-state index is 12.9. The Kier molecular flexibility index (Phi) is 7.00. The van der Waals surface area contributed by atoms with Crippen LogP contribution in [0.15, 0.2) is 55.3 Å². The molecule has 2 aromatic rings. The molecule has 1 heterocycles. The summed E-state index contributed by atoms with van der Waals surface area (Å²) in [7, 11) is -3.84. The SMILES string of the molecule is O=C(N/N=C\c1cc(Br)cc(Br)c1O)[C@H]1CCCN1S(=O)(=O)c1ccc(Cl)cc1. The van der Waals surface area contributed by atoms with Gasteiger partial charge in [0.15, 0.2) is 0 Å². The van der Waals surface area contributed by atoms with E-state index in [0.717, 1.165) is 0 Å². The van der Waals surface area contributed by atoms with E-state index in [0.29, 0.717) is 32.4 Å². The van der Waals surface area contributed by atoms with Gasteiger partial charge in [-0.2, -0.15) is 9.41 Å². The van der Waals surface area contributed by atoms with Gasteiger partial charge in [-0.05, 0) is 65.2 Å². The van der Waals surface area contributed by atoms with E-state index in [4.69, 9.17) is 11.6 Å². The number of sulfonamides is 1. The molecule has 1 fully saturated rings. The molecule has 1 saturated heterocycles. The van der Waals surface area contributed by atoms with Gasteiger partial charge in [-0.15, -0.1) is 0 Å². The zero-order valence-corrected chi connectivity index (χ0v) is 19.6. The van der Waals surface area contributed by atoms with Crippen molar-refractivity contribution in [3.8, 4) is 5.75 Å². The van der Waals surface area contributed by atoms with Gasteiger partial charge in [0.05, 0.1) is 15.6 Å². The molecule has 1 amide bonds. The number of phenols is 1. The topological polar surface area (TPSA) is 99.1 Å². The molecule has 154 valence electrons. The third-order valence-electron chi connectivity index (χ3n) is 4.36. The van der Waals surface area contributed by atoms with Crippen LogP contribution in [0.3, 0.4) is 0 Å². The minimum atomic E-state index is -3.84. The number of nitrogens with zero attached hydrogens (tertiary/aromatic N) is 2. The first-order chi connectivity index (χ1) is 13.7. The van der Waals surface area contributed by atoms with Gasteiger partial charge in [-0.1, -0.05) is 27.5 Å². The third kappa shape index (κ3) is 5.00. The Morgan fingerprint density at radius 1 is 1.28 bits per heavy atom. The van der Waals surface area contributed by atoms with Crippen molar-refractivity contribution < 1.29 is 18.3 Å². The van der Waals surface area contributed by atoms with E-state index >= 15 is 0 Å². The van der Waals surface area contributed by atoms with Crippen LogP contribution in [0.5, 0.6) is 5.75 Å². The fourth-order valence-corrected chi connectivity index (χ4v) is 6.00. The van der Waals surface area contributed by atoms with Crippen molar-refractivity contribution in [2.45, 2.75) is 23.8 Å². The van der Waals surface area contributed by atoms with Crippen molar-refractivity contribution in [2.24, 2.45) is 5.10 Å². The van der Waals surface area contributed by atoms with Crippen LogP contribution in [0, 0.1) is 0 Å². The summed E-state index contributed by atoms with van der Waals surface area (Å²) in [6.07, 6.45) is 2.24. The van der Waals surface area contributed by atoms with Crippen molar-refractivity contribution in [1.82, 2.24) is 9.73 Å². The molecule has 1 aliphatic rings. The Balaban J connectivity index is 1.74. The molecular formula is C18H16Br2ClN3O4S. The molecule has 1 atom stereocenters. The lowest BCUT2D eigenvalue weighted by molar-refractivity contribution is -0.124. The summed E-state index contributed by atoms with van der Waals surface area (Å²) in [5.74, 6) is -0.566. The van der Waals surface area contributed by atoms with Crippen molar-refractivity contribution in [1.29, 1.82) is 0 Å². The molecule has 0 aromatic heterocycles. The van der Waals surface area contributed by atoms with Crippen molar-refractivity contribution in [3.63, 3.8) is 0 Å². The van der Waals surface area contributed by atoms with E-state index in [-0.39, 0.29) is 17.2 Å². The van der Waals surface area contributed by atoms with Gasteiger partial charge in [0, 0.05) is 21.6 Å². The van der Waals surface area contributed by atoms with E-state index in [2.05, 4.69) is 42.4 Å². The highest BCUT2D eigenvalue weighted by Gasteiger charge is 2.39. The summed E-state index contributed by atoms with van der Waals surface area (Å²) in [6.45, 7) is 0.242. The fraction of sp³-hybridized carbons (Fsp3) is 0.222. The standard InChI is InChI=1S/C18H16Br2ClN3O4S/c19-12-8-11(17(25)15(20)9-12)10-22-23-18(26)16-2-1-7-24(16)29(27,28)14-5-3-13(21)4-6-14/h3-6,8-10,16,25H,1-2,7H2,(H,23,26)/b22-10-/t16-/m1/s1. The van der Waals surface area contributed by atoms with Crippen molar-refractivity contribution in [3.05, 3.63) is 55.9 Å². The lowest BCUT2D eigenvalue weighted by atomic mass is 10.2. The van der Waals surface area contributed by atoms with E-state index in [1.54, 1.807) is 12.1 Å². The number of hydrogen-bond donors (Lipinski definition) is 2. The number of hydrogen-bond acceptors (Lipinski definition) is 5. The lowest BCUT2D eigenvalue weighted by Crippen LogP contribution is -2.44. The van der Waals surface area contributed by atoms with Gasteiger partial charge in [0.1, 0.15) is 11.8 Å². The highest BCUT2D eigenvalue weighted by atomic mass is 79.9. The number of hydrazone groups is 1. The van der Waals surface area contributed by atoms with Crippen LogP contribution in [-0.2, 0) is 14.8 Å². The monoisotopic (exact) mass is 563 g/mol. The highest BCUT2D eigenvalue weighted by Crippen LogP contribution is 2.31. The Hall–Kier alpha value is -1.46. The molecule has 2 aromatic carbocycles. The van der Waals surface area contributed by atoms with E-state index in [9.17, 15) is 18.3 Å². The predicted octanol–water partition coefficient (Wildman–Crippen LogP) is 3.87. The average Bonchev–Trinajstić information content (AvgIpc) is 3.16. The molecule has 2 N–H and O–H groups in total. The second-order valence-electron chi connectivity index (χ2n) is 6.29. The number of phenolic OH excluding ortho intramolecular Hbond substituents is 1. The summed E-state index contributed by atoms with van der Waals surface area (Å²) in [5.41, 5.74) is 2.74. The van der Waals surface area contributed by atoms with Crippen LogP contribution in [0.4, 0.5) is 0 Å². The Labute approximate surface area is 190 Å². The molecular weight excluding hydrogens is 550 g/mol. The largest absolute Gasteiger partial charge is 0.506 e. The Morgan fingerprint density at radius 3 is 2.66 bits per heavy atom. The van der Waals surface area contributed by atoms with Crippen LogP contribution >= 0.6 is 43.5 Å². The molecule has 3 rings (SSSR count). The highest BCUT2D eigenvalue weighted by molar-refractivity contribution is 9.11. The number of benzene rings is 2. The van der Waals surface area contributed by atoms with Crippen LogP contribution in [0.2, 0.25) is 5.02 Å². The number of carbonyl (C=O) groups is 1. The first-order valence-electron chi connectivity index (χ1n) is 8.48. The molecule has 0 unspecified atom stereocenters. The van der Waals surface area contributed by atoms with Gasteiger partial charge in [-0.3, -0.25) is 4.79 Å². The fourth-order valence-electron chi connectivity index (χ4n) is 2.96. The summed E-state index contributed by atoms with van der Waals surface area (Å²) < 4.78 is 28.1. The first kappa shape index (κ1) is 22.2. The number of nitrogens with one attached hydrogen (secondary N) is 1. The molecule has 1 aliphatic heterocycles. The van der Waals surface area contributed by atoms with Gasteiger partial charge >= 0.3 is 0 Å². The minimum absolute atomic E-state index is 0.0287. The van der Waals surface area contributed by atoms with Gasteiger partial charge in [-0.25, -0.2) is 13.8 Å². The molecule has 0 radical (unpaired) electrons. The summed E-state index contributed by atoms with van der Waals surface area (Å²) in [5, 5.41) is 14.3. The zero-order valence-electron chi connectivity index (χ0n) is 14.8. The Morgan fingerprint density at radius 2 is 1.97 bits per heavy atom. The van der Waals surface area contributed by atoms with Gasteiger partial charge < -0.3 is 5.11 Å². The maximum Gasteiger partial charge on any atom is 0.258 e. The van der Waals surface area contributed by atoms with Gasteiger partial charge in [0.2, 0.25) is 10.0 Å². The Bertz CT molecular complexity index is 1060. The van der Waals surface area contributed by atoms with E-state index < -0.39 is 22.0 Å². The molecule has 7 nitrogen and oxygen atoms in total. The summed E-state index contributed by atoms with van der Waals surface area (Å²) in [6, 6.07) is 8.24. The lowest BCUT2D eigenvalue weighted by Gasteiger charge is -2.22. The molecule has 0 spiro atoms. The van der Waals surface area contributed by atoms with Crippen LogP contribution in [0.1, 0.15) is 18.4 Å². The average molecular weight is 566 g/mol. The molecule has 0 bridgehead atoms. The quantitative estimate of drug-likeness (QED) is 0.425. The predicted molar refractivity (Wildman–Crippen MR) is 118 cm³/mol. The van der Waals surface area contributed by atoms with Crippen LogP contribution < -0.4 is 5.43 Å². The summed E-state index contributed by atoms with van der Waals surface area (Å²) in [4.78, 5) is 12.6. The number of amides is 1. The van der Waals surface area contributed by atoms with Crippen molar-refractivity contribution in [2.75, 3.05) is 6.54 Å². The van der Waals surface area contributed by atoms with Crippen LogP contribution in [-0.4, -0.2) is 42.5 Å². The van der Waals surface area contributed by atoms with Crippen LogP contribution in [0.25, 0.3) is 0 Å². The maximum absolute atomic E-state index is 12.9. The molecule has 0 saturated carbocycles. The second-order valence-corrected chi connectivity index (χ2v) is 10.4. The third-order valence-corrected chi connectivity index (χ3v) is 7.60.